The molecule has 0 bridgehead atoms. The van der Waals surface area contributed by atoms with Crippen molar-refractivity contribution in [1.82, 2.24) is 9.80 Å². The Hall–Kier alpha value is -1.90. The molecule has 0 heterocycles. The summed E-state index contributed by atoms with van der Waals surface area (Å²) in [5.74, 6) is 0. The van der Waals surface area contributed by atoms with E-state index < -0.39 is 0 Å². The Labute approximate surface area is 202 Å². The van der Waals surface area contributed by atoms with Gasteiger partial charge in [0.25, 0.3) is 0 Å². The minimum absolute atomic E-state index is 0.534. The molecular weight excluding hydrogens is 400 g/mol. The quantitative estimate of drug-likeness (QED) is 0.348. The van der Waals surface area contributed by atoms with Crippen molar-refractivity contribution in [3.63, 3.8) is 0 Å². The Bertz CT molecular complexity index is 744. The lowest BCUT2D eigenvalue weighted by atomic mass is 9.87. The van der Waals surface area contributed by atoms with E-state index in [1.54, 1.807) is 0 Å². The second kappa shape index (κ2) is 13.1. The molecule has 2 aliphatic carbocycles. The van der Waals surface area contributed by atoms with Gasteiger partial charge in [0, 0.05) is 37.8 Å². The standard InChI is InChI=1S/C31H44N2/c1-27(33(30-20-10-4-11-21-30)31-22-12-5-13-23-31)15-14-24-32(25-28-16-6-2-7-17-28)26-29-18-8-3-9-19-29/h2-3,6-9,14-19,27,30-31H,4-5,10-13,20-26H2,1H3. The van der Waals surface area contributed by atoms with Gasteiger partial charge >= 0.3 is 0 Å². The topological polar surface area (TPSA) is 6.48 Å². The minimum atomic E-state index is 0.534. The van der Waals surface area contributed by atoms with Gasteiger partial charge in [0.2, 0.25) is 0 Å². The molecule has 2 fully saturated rings. The first-order chi connectivity index (χ1) is 16.3. The van der Waals surface area contributed by atoms with Crippen LogP contribution in [0.4, 0.5) is 0 Å². The molecule has 0 saturated heterocycles. The molecule has 0 aromatic heterocycles. The summed E-state index contributed by atoms with van der Waals surface area (Å²) >= 11 is 0. The Morgan fingerprint density at radius 2 is 1.15 bits per heavy atom. The summed E-state index contributed by atoms with van der Waals surface area (Å²) in [5, 5.41) is 0. The van der Waals surface area contributed by atoms with Crippen LogP contribution >= 0.6 is 0 Å². The van der Waals surface area contributed by atoms with Crippen molar-refractivity contribution in [2.45, 2.75) is 102 Å². The van der Waals surface area contributed by atoms with Crippen LogP contribution < -0.4 is 0 Å². The molecule has 2 heteroatoms. The number of hydrogen-bond acceptors (Lipinski definition) is 2. The van der Waals surface area contributed by atoms with Gasteiger partial charge in [-0.1, -0.05) is 111 Å². The Balaban J connectivity index is 1.42. The summed E-state index contributed by atoms with van der Waals surface area (Å²) in [4.78, 5) is 5.51. The third-order valence-corrected chi connectivity index (χ3v) is 7.74. The first-order valence-electron chi connectivity index (χ1n) is 13.5. The van der Waals surface area contributed by atoms with Gasteiger partial charge in [0.1, 0.15) is 0 Å². The number of hydrogen-bond donors (Lipinski definition) is 0. The normalized spacial score (nSPS) is 19.5. The van der Waals surface area contributed by atoms with Crippen LogP contribution in [0.15, 0.2) is 72.8 Å². The highest BCUT2D eigenvalue weighted by Gasteiger charge is 2.31. The van der Waals surface area contributed by atoms with Crippen molar-refractivity contribution in [2.75, 3.05) is 6.54 Å². The highest BCUT2D eigenvalue weighted by molar-refractivity contribution is 5.17. The van der Waals surface area contributed by atoms with Crippen LogP contribution in [0.5, 0.6) is 0 Å². The maximum atomic E-state index is 2.94. The summed E-state index contributed by atoms with van der Waals surface area (Å²) in [6, 6.07) is 24.0. The van der Waals surface area contributed by atoms with Crippen LogP contribution in [-0.2, 0) is 13.1 Å². The van der Waals surface area contributed by atoms with E-state index in [9.17, 15) is 0 Å². The fraction of sp³-hybridized carbons (Fsp3) is 0.548. The zero-order valence-electron chi connectivity index (χ0n) is 20.7. The summed E-state index contributed by atoms with van der Waals surface area (Å²) in [6.45, 7) is 5.43. The molecule has 2 nitrogen and oxygen atoms in total. The smallest absolute Gasteiger partial charge is 0.0256 e. The fourth-order valence-electron chi connectivity index (χ4n) is 6.10. The summed E-state index contributed by atoms with van der Waals surface area (Å²) in [5.41, 5.74) is 2.78. The van der Waals surface area contributed by atoms with Crippen molar-refractivity contribution in [2.24, 2.45) is 0 Å². The predicted molar refractivity (Wildman–Crippen MR) is 141 cm³/mol. The van der Waals surface area contributed by atoms with Crippen LogP contribution in [-0.4, -0.2) is 34.5 Å². The van der Waals surface area contributed by atoms with Gasteiger partial charge in [-0.15, -0.1) is 0 Å². The van der Waals surface area contributed by atoms with E-state index in [0.29, 0.717) is 6.04 Å². The summed E-state index contributed by atoms with van der Waals surface area (Å²) in [6.07, 6.45) is 19.2. The minimum Gasteiger partial charge on any atom is -0.291 e. The first kappa shape index (κ1) is 24.2. The molecule has 4 rings (SSSR count). The third kappa shape index (κ3) is 7.55. The Kier molecular flexibility index (Phi) is 9.62. The van der Waals surface area contributed by atoms with Gasteiger partial charge in [0.15, 0.2) is 0 Å². The van der Waals surface area contributed by atoms with Crippen LogP contribution in [0.2, 0.25) is 0 Å². The molecular formula is C31H44N2. The molecule has 33 heavy (non-hydrogen) atoms. The van der Waals surface area contributed by atoms with E-state index in [1.165, 1.54) is 75.3 Å². The maximum absolute atomic E-state index is 2.94. The van der Waals surface area contributed by atoms with Crippen molar-refractivity contribution < 1.29 is 0 Å². The van der Waals surface area contributed by atoms with E-state index >= 15 is 0 Å². The average molecular weight is 445 g/mol. The second-order valence-electron chi connectivity index (χ2n) is 10.3. The van der Waals surface area contributed by atoms with Crippen molar-refractivity contribution in [1.29, 1.82) is 0 Å². The zero-order valence-corrected chi connectivity index (χ0v) is 20.7. The number of benzene rings is 2. The molecule has 2 aromatic rings. The summed E-state index contributed by atoms with van der Waals surface area (Å²) < 4.78 is 0. The molecule has 0 amide bonds. The zero-order chi connectivity index (χ0) is 22.7. The molecule has 0 radical (unpaired) electrons. The SMILES string of the molecule is CC(C=CCN(Cc1ccccc1)Cc1ccccc1)N(C1CCCCC1)C1CCCCC1. The molecule has 178 valence electrons. The number of nitrogens with zero attached hydrogens (tertiary/aromatic N) is 2. The van der Waals surface area contributed by atoms with Crippen molar-refractivity contribution >= 4 is 0 Å². The highest BCUT2D eigenvalue weighted by Crippen LogP contribution is 2.32. The van der Waals surface area contributed by atoms with Gasteiger partial charge in [0.05, 0.1) is 0 Å². The molecule has 2 saturated carbocycles. The van der Waals surface area contributed by atoms with Crippen LogP contribution in [0.3, 0.4) is 0 Å². The lowest BCUT2D eigenvalue weighted by Crippen LogP contribution is -2.49. The third-order valence-electron chi connectivity index (χ3n) is 7.74. The average Bonchev–Trinajstić information content (AvgIpc) is 2.87. The van der Waals surface area contributed by atoms with E-state index in [0.717, 1.165) is 31.7 Å². The summed E-state index contributed by atoms with van der Waals surface area (Å²) in [7, 11) is 0. The second-order valence-corrected chi connectivity index (χ2v) is 10.3. The van der Waals surface area contributed by atoms with Gasteiger partial charge in [-0.2, -0.15) is 0 Å². The van der Waals surface area contributed by atoms with Gasteiger partial charge in [-0.3, -0.25) is 9.80 Å². The molecule has 2 aliphatic rings. The van der Waals surface area contributed by atoms with Gasteiger partial charge in [-0.25, -0.2) is 0 Å². The lowest BCUT2D eigenvalue weighted by Gasteiger charge is -2.44. The van der Waals surface area contributed by atoms with Gasteiger partial charge in [-0.05, 0) is 43.7 Å². The molecule has 0 N–H and O–H groups in total. The van der Waals surface area contributed by atoms with E-state index in [2.05, 4.69) is 89.5 Å². The fourth-order valence-corrected chi connectivity index (χ4v) is 6.10. The molecule has 0 spiro atoms. The Morgan fingerprint density at radius 1 is 0.697 bits per heavy atom. The van der Waals surface area contributed by atoms with E-state index in [4.69, 9.17) is 0 Å². The predicted octanol–water partition coefficient (Wildman–Crippen LogP) is 7.60. The van der Waals surface area contributed by atoms with E-state index in [1.807, 2.05) is 0 Å². The van der Waals surface area contributed by atoms with Crippen LogP contribution in [0, 0.1) is 0 Å². The van der Waals surface area contributed by atoms with Gasteiger partial charge < -0.3 is 0 Å². The van der Waals surface area contributed by atoms with Crippen molar-refractivity contribution in [3.8, 4) is 0 Å². The van der Waals surface area contributed by atoms with Crippen molar-refractivity contribution in [3.05, 3.63) is 83.9 Å². The number of rotatable bonds is 10. The Morgan fingerprint density at radius 3 is 1.61 bits per heavy atom. The molecule has 1 unspecified atom stereocenters. The molecule has 2 aromatic carbocycles. The van der Waals surface area contributed by atoms with E-state index in [-0.39, 0.29) is 0 Å². The maximum Gasteiger partial charge on any atom is 0.0256 e. The monoisotopic (exact) mass is 444 g/mol. The molecule has 1 atom stereocenters. The largest absolute Gasteiger partial charge is 0.291 e. The highest BCUT2D eigenvalue weighted by atomic mass is 15.2. The molecule has 0 aliphatic heterocycles. The van der Waals surface area contributed by atoms with Crippen LogP contribution in [0.25, 0.3) is 0 Å². The first-order valence-corrected chi connectivity index (χ1v) is 13.5. The van der Waals surface area contributed by atoms with Crippen LogP contribution in [0.1, 0.15) is 82.3 Å². The lowest BCUT2D eigenvalue weighted by molar-refractivity contribution is 0.0611.